The Hall–Kier alpha value is -1.69. The Labute approximate surface area is 112 Å². The van der Waals surface area contributed by atoms with E-state index in [0.29, 0.717) is 6.10 Å². The molecule has 6 nitrogen and oxygen atoms in total. The molecule has 0 aromatic carbocycles. The third-order valence-corrected chi connectivity index (χ3v) is 3.59. The number of hydrogen-bond acceptors (Lipinski definition) is 5. The molecule has 3 rings (SSSR count). The van der Waals surface area contributed by atoms with E-state index in [0.717, 1.165) is 49.4 Å². The average molecular weight is 261 g/mol. The number of rotatable bonds is 3. The Morgan fingerprint density at radius 1 is 1.42 bits per heavy atom. The van der Waals surface area contributed by atoms with Gasteiger partial charge < -0.3 is 9.64 Å². The second-order valence-electron chi connectivity index (χ2n) is 4.87. The van der Waals surface area contributed by atoms with Crippen LogP contribution in [0.3, 0.4) is 0 Å². The van der Waals surface area contributed by atoms with Gasteiger partial charge in [-0.05, 0) is 19.8 Å². The van der Waals surface area contributed by atoms with Crippen molar-refractivity contribution in [2.24, 2.45) is 7.05 Å². The highest BCUT2D eigenvalue weighted by Crippen LogP contribution is 2.25. The predicted octanol–water partition coefficient (Wildman–Crippen LogP) is 1.37. The fourth-order valence-corrected chi connectivity index (χ4v) is 2.70. The quantitative estimate of drug-likeness (QED) is 0.835. The van der Waals surface area contributed by atoms with Crippen LogP contribution in [0.15, 0.2) is 12.5 Å². The van der Waals surface area contributed by atoms with Gasteiger partial charge in [-0.15, -0.1) is 0 Å². The summed E-state index contributed by atoms with van der Waals surface area (Å²) < 4.78 is 7.53. The van der Waals surface area contributed by atoms with Gasteiger partial charge in [0.1, 0.15) is 12.1 Å². The number of anilines is 1. The molecule has 0 radical (unpaired) electrons. The molecular weight excluding hydrogens is 242 g/mol. The number of nitrogens with zero attached hydrogens (tertiary/aromatic N) is 5. The highest BCUT2D eigenvalue weighted by molar-refractivity contribution is 5.86. The van der Waals surface area contributed by atoms with E-state index < -0.39 is 0 Å². The summed E-state index contributed by atoms with van der Waals surface area (Å²) >= 11 is 0. The highest BCUT2D eigenvalue weighted by atomic mass is 16.5. The Morgan fingerprint density at radius 2 is 2.32 bits per heavy atom. The zero-order chi connectivity index (χ0) is 13.2. The molecule has 0 bridgehead atoms. The van der Waals surface area contributed by atoms with Gasteiger partial charge in [0.05, 0.1) is 17.7 Å². The smallest absolute Gasteiger partial charge is 0.163 e. The molecule has 2 aromatic heterocycles. The summed E-state index contributed by atoms with van der Waals surface area (Å²) in [5.74, 6) is 0.975. The van der Waals surface area contributed by atoms with Gasteiger partial charge in [-0.1, -0.05) is 0 Å². The SMILES string of the molecule is CCO[C@@H]1CCCN(c2ncnc3c2cnn3C)C1. The van der Waals surface area contributed by atoms with Crippen molar-refractivity contribution in [3.05, 3.63) is 12.5 Å². The van der Waals surface area contributed by atoms with Crippen LogP contribution in [0.25, 0.3) is 11.0 Å². The van der Waals surface area contributed by atoms with E-state index in [1.807, 2.05) is 20.2 Å². The lowest BCUT2D eigenvalue weighted by Crippen LogP contribution is -2.40. The second-order valence-corrected chi connectivity index (χ2v) is 4.87. The van der Waals surface area contributed by atoms with Crippen molar-refractivity contribution in [1.82, 2.24) is 19.7 Å². The topological polar surface area (TPSA) is 56.1 Å². The van der Waals surface area contributed by atoms with E-state index in [1.54, 1.807) is 11.0 Å². The van der Waals surface area contributed by atoms with Crippen molar-refractivity contribution in [1.29, 1.82) is 0 Å². The first-order chi connectivity index (χ1) is 9.29. The van der Waals surface area contributed by atoms with Crippen molar-refractivity contribution >= 4 is 16.9 Å². The Balaban J connectivity index is 1.91. The molecule has 0 unspecified atom stereocenters. The lowest BCUT2D eigenvalue weighted by molar-refractivity contribution is 0.0526. The Kier molecular flexibility index (Phi) is 3.33. The van der Waals surface area contributed by atoms with Gasteiger partial charge in [-0.2, -0.15) is 5.10 Å². The van der Waals surface area contributed by atoms with E-state index >= 15 is 0 Å². The summed E-state index contributed by atoms with van der Waals surface area (Å²) in [6, 6.07) is 0. The summed E-state index contributed by atoms with van der Waals surface area (Å²) in [5, 5.41) is 5.28. The maximum Gasteiger partial charge on any atom is 0.163 e. The summed E-state index contributed by atoms with van der Waals surface area (Å²) in [6.07, 6.45) is 6.03. The second kappa shape index (κ2) is 5.13. The lowest BCUT2D eigenvalue weighted by atomic mass is 10.1. The summed E-state index contributed by atoms with van der Waals surface area (Å²) in [4.78, 5) is 11.0. The fraction of sp³-hybridized carbons (Fsp3) is 0.615. The number of hydrogen-bond donors (Lipinski definition) is 0. The minimum absolute atomic E-state index is 0.306. The molecule has 3 heterocycles. The third-order valence-electron chi connectivity index (χ3n) is 3.59. The molecule has 1 fully saturated rings. The van der Waals surface area contributed by atoms with Gasteiger partial charge in [-0.25, -0.2) is 9.97 Å². The largest absolute Gasteiger partial charge is 0.377 e. The molecule has 1 atom stereocenters. The molecule has 1 aliphatic rings. The maximum absolute atomic E-state index is 5.75. The standard InChI is InChI=1S/C13H19N5O/c1-3-19-10-5-4-6-18(8-10)13-11-7-16-17(2)12(11)14-9-15-13/h7,9-10H,3-6,8H2,1-2H3/t10-/m1/s1. The highest BCUT2D eigenvalue weighted by Gasteiger charge is 2.23. The third kappa shape index (κ3) is 2.28. The molecule has 1 saturated heterocycles. The number of aryl methyl sites for hydroxylation is 1. The van der Waals surface area contributed by atoms with E-state index in [1.165, 1.54) is 0 Å². The van der Waals surface area contributed by atoms with Crippen LogP contribution < -0.4 is 4.90 Å². The summed E-state index contributed by atoms with van der Waals surface area (Å²) in [6.45, 7) is 4.73. The normalized spacial score (nSPS) is 20.1. The summed E-state index contributed by atoms with van der Waals surface area (Å²) in [7, 11) is 1.90. The number of ether oxygens (including phenoxy) is 1. The fourth-order valence-electron chi connectivity index (χ4n) is 2.70. The first-order valence-corrected chi connectivity index (χ1v) is 6.79. The monoisotopic (exact) mass is 261 g/mol. The molecule has 102 valence electrons. The zero-order valence-corrected chi connectivity index (χ0v) is 11.4. The first-order valence-electron chi connectivity index (χ1n) is 6.79. The number of fused-ring (bicyclic) bond motifs is 1. The van der Waals surface area contributed by atoms with Gasteiger partial charge in [0, 0.05) is 26.7 Å². The lowest BCUT2D eigenvalue weighted by Gasteiger charge is -2.33. The Morgan fingerprint density at radius 3 is 3.16 bits per heavy atom. The zero-order valence-electron chi connectivity index (χ0n) is 11.4. The van der Waals surface area contributed by atoms with Crippen LogP contribution in [0.2, 0.25) is 0 Å². The minimum atomic E-state index is 0.306. The van der Waals surface area contributed by atoms with Crippen molar-refractivity contribution in [2.45, 2.75) is 25.9 Å². The van der Waals surface area contributed by atoms with Crippen molar-refractivity contribution in [3.63, 3.8) is 0 Å². The molecule has 0 aliphatic carbocycles. The molecule has 0 saturated carbocycles. The molecule has 0 N–H and O–H groups in total. The van der Waals surface area contributed by atoms with Crippen LogP contribution in [0.1, 0.15) is 19.8 Å². The van der Waals surface area contributed by atoms with Crippen molar-refractivity contribution < 1.29 is 4.74 Å². The van der Waals surface area contributed by atoms with Crippen molar-refractivity contribution in [2.75, 3.05) is 24.6 Å². The molecule has 6 heteroatoms. The van der Waals surface area contributed by atoms with Gasteiger partial charge in [0.25, 0.3) is 0 Å². The van der Waals surface area contributed by atoms with Crippen LogP contribution in [0.5, 0.6) is 0 Å². The van der Waals surface area contributed by atoms with Gasteiger partial charge in [0.15, 0.2) is 5.65 Å². The molecule has 1 aliphatic heterocycles. The predicted molar refractivity (Wildman–Crippen MR) is 73.2 cm³/mol. The summed E-state index contributed by atoms with van der Waals surface area (Å²) in [5.41, 5.74) is 0.878. The Bertz CT molecular complexity index is 565. The molecule has 19 heavy (non-hydrogen) atoms. The molecular formula is C13H19N5O. The van der Waals surface area contributed by atoms with E-state index in [2.05, 4.69) is 20.0 Å². The van der Waals surface area contributed by atoms with E-state index in [9.17, 15) is 0 Å². The molecule has 2 aromatic rings. The molecule has 0 amide bonds. The number of piperidine rings is 1. The van der Waals surface area contributed by atoms with Crippen LogP contribution in [0.4, 0.5) is 5.82 Å². The first kappa shape index (κ1) is 12.3. The van der Waals surface area contributed by atoms with Crippen LogP contribution in [0, 0.1) is 0 Å². The van der Waals surface area contributed by atoms with E-state index in [4.69, 9.17) is 4.74 Å². The van der Waals surface area contributed by atoms with Gasteiger partial charge >= 0.3 is 0 Å². The van der Waals surface area contributed by atoms with Gasteiger partial charge in [0.2, 0.25) is 0 Å². The minimum Gasteiger partial charge on any atom is -0.377 e. The number of aromatic nitrogens is 4. The van der Waals surface area contributed by atoms with Crippen molar-refractivity contribution in [3.8, 4) is 0 Å². The average Bonchev–Trinajstić information content (AvgIpc) is 2.81. The molecule has 0 spiro atoms. The van der Waals surface area contributed by atoms with Crippen LogP contribution >= 0.6 is 0 Å². The van der Waals surface area contributed by atoms with Crippen LogP contribution in [-0.4, -0.2) is 45.5 Å². The van der Waals surface area contributed by atoms with Gasteiger partial charge in [-0.3, -0.25) is 4.68 Å². The maximum atomic E-state index is 5.75. The van der Waals surface area contributed by atoms with E-state index in [-0.39, 0.29) is 0 Å². The van der Waals surface area contributed by atoms with Crippen LogP contribution in [-0.2, 0) is 11.8 Å².